The van der Waals surface area contributed by atoms with E-state index in [1.54, 1.807) is 22.0 Å². The van der Waals surface area contributed by atoms with Gasteiger partial charge in [-0.05, 0) is 38.0 Å². The smallest absolute Gasteiger partial charge is 0.214 e. The number of rotatable bonds is 6. The van der Waals surface area contributed by atoms with E-state index in [9.17, 15) is 8.42 Å². The molecule has 32 heavy (non-hydrogen) atoms. The summed E-state index contributed by atoms with van der Waals surface area (Å²) in [5.41, 5.74) is 3.04. The molecule has 1 aromatic carbocycles. The Balaban J connectivity index is 1.42. The first-order valence-electron chi connectivity index (χ1n) is 11.0. The Labute approximate surface area is 192 Å². The Morgan fingerprint density at radius 1 is 1.28 bits per heavy atom. The molecule has 4 heterocycles. The zero-order valence-corrected chi connectivity index (χ0v) is 20.1. The molecule has 2 aromatic heterocycles. The van der Waals surface area contributed by atoms with Crippen molar-refractivity contribution in [1.29, 1.82) is 0 Å². The summed E-state index contributed by atoms with van der Waals surface area (Å²) in [6, 6.07) is 6.42. The Bertz CT molecular complexity index is 1240. The van der Waals surface area contributed by atoms with E-state index in [2.05, 4.69) is 42.1 Å². The van der Waals surface area contributed by atoms with Crippen LogP contribution in [0.25, 0.3) is 22.1 Å². The summed E-state index contributed by atoms with van der Waals surface area (Å²) in [5, 5.41) is 5.21. The predicted octanol–water partition coefficient (Wildman–Crippen LogP) is 3.72. The summed E-state index contributed by atoms with van der Waals surface area (Å²) in [4.78, 5) is 10.6. The highest BCUT2D eigenvalue weighted by Crippen LogP contribution is 2.42. The van der Waals surface area contributed by atoms with Crippen molar-refractivity contribution in [2.24, 2.45) is 0 Å². The van der Waals surface area contributed by atoms with Crippen LogP contribution in [0.4, 0.5) is 0 Å². The summed E-state index contributed by atoms with van der Waals surface area (Å²) in [6.07, 6.45) is 3.01. The Kier molecular flexibility index (Phi) is 5.55. The monoisotopic (exact) mass is 473 g/mol. The van der Waals surface area contributed by atoms with Gasteiger partial charge in [-0.2, -0.15) is 5.10 Å². The molecule has 0 bridgehead atoms. The van der Waals surface area contributed by atoms with Gasteiger partial charge in [-0.1, -0.05) is 13.0 Å². The minimum absolute atomic E-state index is 0.203. The number of nitrogens with zero attached hydrogens (tertiary/aromatic N) is 5. The van der Waals surface area contributed by atoms with E-state index in [4.69, 9.17) is 9.72 Å². The molecule has 10 heteroatoms. The number of aromatic nitrogens is 4. The number of fused-ring (bicyclic) bond motifs is 3. The van der Waals surface area contributed by atoms with E-state index in [0.29, 0.717) is 26.1 Å². The van der Waals surface area contributed by atoms with Crippen molar-refractivity contribution in [3.8, 4) is 27.8 Å². The number of sulfonamides is 1. The summed E-state index contributed by atoms with van der Waals surface area (Å²) >= 11 is 1.65. The van der Waals surface area contributed by atoms with Crippen LogP contribution < -0.4 is 4.74 Å². The third-order valence-electron chi connectivity index (χ3n) is 5.97. The zero-order valence-electron chi connectivity index (χ0n) is 18.5. The van der Waals surface area contributed by atoms with Gasteiger partial charge in [0.1, 0.15) is 12.1 Å². The van der Waals surface area contributed by atoms with Crippen LogP contribution >= 0.6 is 11.3 Å². The van der Waals surface area contributed by atoms with Crippen molar-refractivity contribution in [2.75, 3.05) is 25.4 Å². The number of benzene rings is 1. The van der Waals surface area contributed by atoms with Gasteiger partial charge in [-0.25, -0.2) is 27.4 Å². The minimum Gasteiger partial charge on any atom is -0.492 e. The van der Waals surface area contributed by atoms with Gasteiger partial charge in [0.15, 0.2) is 10.8 Å². The number of hydrogen-bond donors (Lipinski definition) is 0. The topological polar surface area (TPSA) is 90.2 Å². The fourth-order valence-corrected chi connectivity index (χ4v) is 6.87. The summed E-state index contributed by atoms with van der Waals surface area (Å²) < 4.78 is 34.1. The fraction of sp³-hybridized carbons (Fsp3) is 0.500. The van der Waals surface area contributed by atoms with Crippen molar-refractivity contribution in [3.63, 3.8) is 0 Å². The Hall–Kier alpha value is -2.30. The van der Waals surface area contributed by atoms with Crippen molar-refractivity contribution in [3.05, 3.63) is 35.0 Å². The van der Waals surface area contributed by atoms with Crippen LogP contribution in [0.2, 0.25) is 0 Å². The molecule has 0 aliphatic carbocycles. The predicted molar refractivity (Wildman–Crippen MR) is 125 cm³/mol. The standard InChI is InChI=1S/C22H27N5O3S2/c1-4-9-32(28,29)26-11-16(12-26)15-5-6-17-18(10-15)30-8-7-19-20(17)25-22(31-19)21-23-13-24-27(21)14(2)3/h5-6,10,13-14,16H,4,7-9,11-12H2,1-3H3. The first-order valence-corrected chi connectivity index (χ1v) is 13.4. The molecule has 0 saturated carbocycles. The van der Waals surface area contributed by atoms with Crippen molar-refractivity contribution < 1.29 is 13.2 Å². The van der Waals surface area contributed by atoms with Gasteiger partial charge in [-0.3, -0.25) is 0 Å². The van der Waals surface area contributed by atoms with E-state index in [1.165, 1.54) is 4.88 Å². The lowest BCUT2D eigenvalue weighted by Gasteiger charge is -2.38. The van der Waals surface area contributed by atoms with Gasteiger partial charge in [-0.15, -0.1) is 11.3 Å². The maximum absolute atomic E-state index is 12.3. The normalized spacial score (nSPS) is 16.9. The SMILES string of the molecule is CCCS(=O)(=O)N1CC(c2ccc3c(c2)OCCc2sc(-c4ncnn4C(C)C)nc2-3)C1. The van der Waals surface area contributed by atoms with Crippen molar-refractivity contribution in [2.45, 2.75) is 45.6 Å². The molecule has 0 N–H and O–H groups in total. The molecule has 0 spiro atoms. The van der Waals surface area contributed by atoms with Crippen LogP contribution in [0.5, 0.6) is 5.75 Å². The third-order valence-corrected chi connectivity index (χ3v) is 9.09. The molecule has 3 aromatic rings. The molecule has 1 saturated heterocycles. The van der Waals surface area contributed by atoms with Crippen LogP contribution in [0.15, 0.2) is 24.5 Å². The quantitative estimate of drug-likeness (QED) is 0.542. The summed E-state index contributed by atoms with van der Waals surface area (Å²) in [5.74, 6) is 2.03. The highest BCUT2D eigenvalue weighted by Gasteiger charge is 2.36. The molecular weight excluding hydrogens is 446 g/mol. The number of hydrogen-bond acceptors (Lipinski definition) is 7. The second-order valence-corrected chi connectivity index (χ2v) is 11.8. The van der Waals surface area contributed by atoms with Crippen LogP contribution in [0, 0.1) is 0 Å². The lowest BCUT2D eigenvalue weighted by Crippen LogP contribution is -2.49. The lowest BCUT2D eigenvalue weighted by atomic mass is 9.92. The van der Waals surface area contributed by atoms with Crippen LogP contribution in [0.3, 0.4) is 0 Å². The van der Waals surface area contributed by atoms with E-state index in [0.717, 1.165) is 39.8 Å². The van der Waals surface area contributed by atoms with Gasteiger partial charge in [0.2, 0.25) is 10.0 Å². The molecule has 0 amide bonds. The highest BCUT2D eigenvalue weighted by molar-refractivity contribution is 7.89. The molecule has 2 aliphatic rings. The first-order chi connectivity index (χ1) is 15.4. The molecule has 2 aliphatic heterocycles. The van der Waals surface area contributed by atoms with Gasteiger partial charge < -0.3 is 4.74 Å². The lowest BCUT2D eigenvalue weighted by molar-refractivity contribution is 0.263. The van der Waals surface area contributed by atoms with Crippen LogP contribution in [-0.4, -0.2) is 57.9 Å². The summed E-state index contributed by atoms with van der Waals surface area (Å²) in [7, 11) is -3.13. The maximum Gasteiger partial charge on any atom is 0.214 e. The second kappa shape index (κ2) is 8.24. The zero-order chi connectivity index (χ0) is 22.5. The van der Waals surface area contributed by atoms with Gasteiger partial charge in [0.05, 0.1) is 18.1 Å². The molecule has 0 radical (unpaired) electrons. The van der Waals surface area contributed by atoms with E-state index in [-0.39, 0.29) is 17.7 Å². The van der Waals surface area contributed by atoms with E-state index < -0.39 is 10.0 Å². The Morgan fingerprint density at radius 2 is 2.09 bits per heavy atom. The van der Waals surface area contributed by atoms with Gasteiger partial charge in [0.25, 0.3) is 0 Å². The molecular formula is C22H27N5O3S2. The molecule has 8 nitrogen and oxygen atoms in total. The molecule has 0 unspecified atom stereocenters. The Morgan fingerprint density at radius 3 is 2.84 bits per heavy atom. The van der Waals surface area contributed by atoms with Crippen LogP contribution in [0.1, 0.15) is 49.6 Å². The first kappa shape index (κ1) is 21.5. The summed E-state index contributed by atoms with van der Waals surface area (Å²) in [6.45, 7) is 7.72. The van der Waals surface area contributed by atoms with E-state index in [1.807, 2.05) is 11.6 Å². The average molecular weight is 474 g/mol. The molecule has 1 fully saturated rings. The van der Waals surface area contributed by atoms with E-state index >= 15 is 0 Å². The highest BCUT2D eigenvalue weighted by atomic mass is 32.2. The molecule has 0 atom stereocenters. The second-order valence-electron chi connectivity index (χ2n) is 8.60. The number of thiazole rings is 1. The maximum atomic E-state index is 12.3. The van der Waals surface area contributed by atoms with Crippen molar-refractivity contribution in [1.82, 2.24) is 24.1 Å². The molecule has 170 valence electrons. The largest absolute Gasteiger partial charge is 0.492 e. The third kappa shape index (κ3) is 3.74. The minimum atomic E-state index is -3.13. The van der Waals surface area contributed by atoms with Crippen LogP contribution in [-0.2, 0) is 16.4 Å². The number of ether oxygens (including phenoxy) is 1. The molecule has 5 rings (SSSR count). The van der Waals surface area contributed by atoms with Gasteiger partial charge in [0, 0.05) is 41.9 Å². The van der Waals surface area contributed by atoms with Crippen molar-refractivity contribution >= 4 is 21.4 Å². The van der Waals surface area contributed by atoms with Gasteiger partial charge >= 0.3 is 0 Å². The fourth-order valence-electron chi connectivity index (χ4n) is 4.23. The average Bonchev–Trinajstić information content (AvgIpc) is 3.31.